The number of thiazole rings is 1. The molecule has 0 saturated carbocycles. The smallest absolute Gasteiger partial charge is 0.317 e. The van der Waals surface area contributed by atoms with Crippen molar-refractivity contribution in [2.45, 2.75) is 34.2 Å². The number of rotatable bonds is 5. The predicted molar refractivity (Wildman–Crippen MR) is 101 cm³/mol. The van der Waals surface area contributed by atoms with Gasteiger partial charge in [0, 0.05) is 18.1 Å². The molecule has 1 heterocycles. The van der Waals surface area contributed by atoms with Crippen LogP contribution in [0.2, 0.25) is 0 Å². The summed E-state index contributed by atoms with van der Waals surface area (Å²) in [5, 5.41) is 8.53. The maximum absolute atomic E-state index is 12.3. The highest BCUT2D eigenvalue weighted by molar-refractivity contribution is 7.09. The van der Waals surface area contributed by atoms with Crippen molar-refractivity contribution < 1.29 is 9.59 Å². The van der Waals surface area contributed by atoms with Gasteiger partial charge < -0.3 is 15.5 Å². The summed E-state index contributed by atoms with van der Waals surface area (Å²) in [5.41, 5.74) is 4.80. The Labute approximate surface area is 152 Å². The fourth-order valence-corrected chi connectivity index (χ4v) is 3.25. The Morgan fingerprint density at radius 3 is 2.36 bits per heavy atom. The molecule has 2 aromatic rings. The van der Waals surface area contributed by atoms with E-state index in [1.54, 1.807) is 7.05 Å². The van der Waals surface area contributed by atoms with Crippen LogP contribution >= 0.6 is 11.3 Å². The molecule has 0 aliphatic carbocycles. The molecular weight excluding hydrogens is 336 g/mol. The molecule has 2 N–H and O–H groups in total. The van der Waals surface area contributed by atoms with E-state index in [0.29, 0.717) is 6.54 Å². The molecule has 0 aliphatic rings. The minimum absolute atomic E-state index is 0.0192. The highest BCUT2D eigenvalue weighted by Crippen LogP contribution is 2.21. The van der Waals surface area contributed by atoms with Gasteiger partial charge in [0.05, 0.1) is 17.2 Å². The zero-order chi connectivity index (χ0) is 18.6. The van der Waals surface area contributed by atoms with Crippen molar-refractivity contribution in [2.75, 3.05) is 18.9 Å². The largest absolute Gasteiger partial charge is 0.332 e. The Morgan fingerprint density at radius 2 is 1.80 bits per heavy atom. The first kappa shape index (κ1) is 18.9. The standard InChI is InChI=1S/C18H24N4O2S/c1-11-6-12(2)17(13(3)7-11)21-16(23)9-22(5)18(24)19-8-15-10-25-14(4)20-15/h6-7,10H,8-9H2,1-5H3,(H,19,24)(H,21,23). The van der Waals surface area contributed by atoms with Crippen molar-refractivity contribution in [3.8, 4) is 0 Å². The Bertz CT molecular complexity index is 762. The minimum Gasteiger partial charge on any atom is -0.332 e. The van der Waals surface area contributed by atoms with Crippen LogP contribution in [0.1, 0.15) is 27.4 Å². The van der Waals surface area contributed by atoms with Gasteiger partial charge in [-0.1, -0.05) is 17.7 Å². The Kier molecular flexibility index (Phi) is 6.14. The lowest BCUT2D eigenvalue weighted by Gasteiger charge is -2.18. The lowest BCUT2D eigenvalue weighted by atomic mass is 10.1. The van der Waals surface area contributed by atoms with Crippen molar-refractivity contribution in [1.29, 1.82) is 0 Å². The molecule has 0 atom stereocenters. The van der Waals surface area contributed by atoms with Gasteiger partial charge in [-0.3, -0.25) is 4.79 Å². The number of aromatic nitrogens is 1. The maximum atomic E-state index is 12.3. The number of amides is 3. The van der Waals surface area contributed by atoms with E-state index in [2.05, 4.69) is 15.6 Å². The lowest BCUT2D eigenvalue weighted by molar-refractivity contribution is -0.116. The molecule has 0 fully saturated rings. The molecule has 2 rings (SSSR count). The fraction of sp³-hybridized carbons (Fsp3) is 0.389. The second-order valence-corrected chi connectivity index (χ2v) is 7.26. The normalized spacial score (nSPS) is 10.4. The third-order valence-corrected chi connectivity index (χ3v) is 4.58. The number of carbonyl (C=O) groups is 2. The summed E-state index contributed by atoms with van der Waals surface area (Å²) >= 11 is 1.54. The first-order chi connectivity index (χ1) is 11.8. The summed E-state index contributed by atoms with van der Waals surface area (Å²) in [6.45, 7) is 8.19. The van der Waals surface area contributed by atoms with E-state index in [-0.39, 0.29) is 18.5 Å². The van der Waals surface area contributed by atoms with Crippen LogP contribution in [0.3, 0.4) is 0 Å². The lowest BCUT2D eigenvalue weighted by Crippen LogP contribution is -2.41. The second kappa shape index (κ2) is 8.11. The van der Waals surface area contributed by atoms with Crippen LogP contribution in [0.5, 0.6) is 0 Å². The zero-order valence-corrected chi connectivity index (χ0v) is 16.1. The summed E-state index contributed by atoms with van der Waals surface area (Å²) in [4.78, 5) is 30.0. The number of urea groups is 1. The summed E-state index contributed by atoms with van der Waals surface area (Å²) in [5.74, 6) is -0.225. The average Bonchev–Trinajstić information content (AvgIpc) is 2.94. The van der Waals surface area contributed by atoms with Gasteiger partial charge in [-0.05, 0) is 38.8 Å². The Balaban J connectivity index is 1.88. The quantitative estimate of drug-likeness (QED) is 0.860. The van der Waals surface area contributed by atoms with Gasteiger partial charge in [0.15, 0.2) is 0 Å². The number of nitrogens with one attached hydrogen (secondary N) is 2. The molecule has 25 heavy (non-hydrogen) atoms. The molecule has 6 nitrogen and oxygen atoms in total. The van der Waals surface area contributed by atoms with Crippen molar-refractivity contribution in [1.82, 2.24) is 15.2 Å². The number of nitrogens with zero attached hydrogens (tertiary/aromatic N) is 2. The third kappa shape index (κ3) is 5.29. The molecule has 0 bridgehead atoms. The average molecular weight is 360 g/mol. The topological polar surface area (TPSA) is 74.3 Å². The highest BCUT2D eigenvalue weighted by Gasteiger charge is 2.15. The van der Waals surface area contributed by atoms with Gasteiger partial charge in [-0.15, -0.1) is 11.3 Å². The van der Waals surface area contributed by atoms with Crippen LogP contribution in [0.25, 0.3) is 0 Å². The van der Waals surface area contributed by atoms with Gasteiger partial charge in [-0.25, -0.2) is 9.78 Å². The highest BCUT2D eigenvalue weighted by atomic mass is 32.1. The summed E-state index contributed by atoms with van der Waals surface area (Å²) < 4.78 is 0. The van der Waals surface area contributed by atoms with E-state index in [0.717, 1.165) is 33.1 Å². The molecule has 134 valence electrons. The van der Waals surface area contributed by atoms with E-state index in [4.69, 9.17) is 0 Å². The molecule has 0 unspecified atom stereocenters. The number of hydrogen-bond acceptors (Lipinski definition) is 4. The van der Waals surface area contributed by atoms with Gasteiger partial charge in [0.1, 0.15) is 6.54 Å². The van der Waals surface area contributed by atoms with Crippen molar-refractivity contribution >= 4 is 29.0 Å². The van der Waals surface area contributed by atoms with Crippen molar-refractivity contribution in [2.24, 2.45) is 0 Å². The Hall–Kier alpha value is -2.41. The fourth-order valence-electron chi connectivity index (χ4n) is 2.63. The molecule has 7 heteroatoms. The first-order valence-electron chi connectivity index (χ1n) is 8.04. The SMILES string of the molecule is Cc1cc(C)c(NC(=O)CN(C)C(=O)NCc2csc(C)n2)c(C)c1. The monoisotopic (exact) mass is 360 g/mol. The third-order valence-electron chi connectivity index (χ3n) is 3.76. The van der Waals surface area contributed by atoms with Crippen LogP contribution in [0.15, 0.2) is 17.5 Å². The van der Waals surface area contributed by atoms with Crippen molar-refractivity contribution in [3.63, 3.8) is 0 Å². The van der Waals surface area contributed by atoms with E-state index < -0.39 is 0 Å². The molecule has 0 radical (unpaired) electrons. The van der Waals surface area contributed by atoms with E-state index >= 15 is 0 Å². The maximum Gasteiger partial charge on any atom is 0.317 e. The number of aryl methyl sites for hydroxylation is 4. The summed E-state index contributed by atoms with van der Waals surface area (Å²) in [6, 6.07) is 3.74. The van der Waals surface area contributed by atoms with Crippen LogP contribution in [0.4, 0.5) is 10.5 Å². The van der Waals surface area contributed by atoms with E-state index in [1.807, 2.05) is 45.2 Å². The first-order valence-corrected chi connectivity index (χ1v) is 8.92. The zero-order valence-electron chi connectivity index (χ0n) is 15.3. The van der Waals surface area contributed by atoms with Crippen LogP contribution in [-0.4, -0.2) is 35.4 Å². The molecular formula is C18H24N4O2S. The molecule has 0 saturated heterocycles. The molecule has 1 aromatic carbocycles. The number of likely N-dealkylation sites (N-methyl/N-ethyl adjacent to an activating group) is 1. The number of benzene rings is 1. The van der Waals surface area contributed by atoms with Crippen LogP contribution < -0.4 is 10.6 Å². The van der Waals surface area contributed by atoms with Crippen LogP contribution in [-0.2, 0) is 11.3 Å². The second-order valence-electron chi connectivity index (χ2n) is 6.19. The minimum atomic E-state index is -0.307. The molecule has 3 amide bonds. The molecule has 0 spiro atoms. The predicted octanol–water partition coefficient (Wildman–Crippen LogP) is 3.16. The number of carbonyl (C=O) groups excluding carboxylic acids is 2. The van der Waals surface area contributed by atoms with E-state index in [9.17, 15) is 9.59 Å². The van der Waals surface area contributed by atoms with Gasteiger partial charge >= 0.3 is 6.03 Å². The summed E-state index contributed by atoms with van der Waals surface area (Å²) in [7, 11) is 1.59. The van der Waals surface area contributed by atoms with Crippen LogP contribution in [0, 0.1) is 27.7 Å². The van der Waals surface area contributed by atoms with Crippen molar-refractivity contribution in [3.05, 3.63) is 44.9 Å². The molecule has 0 aliphatic heterocycles. The van der Waals surface area contributed by atoms with Gasteiger partial charge in [0.25, 0.3) is 0 Å². The van der Waals surface area contributed by atoms with E-state index in [1.165, 1.54) is 16.2 Å². The molecule has 1 aromatic heterocycles. The summed E-state index contributed by atoms with van der Waals surface area (Å²) in [6.07, 6.45) is 0. The van der Waals surface area contributed by atoms with Gasteiger partial charge in [-0.2, -0.15) is 0 Å². The Morgan fingerprint density at radius 1 is 1.16 bits per heavy atom. The van der Waals surface area contributed by atoms with Gasteiger partial charge in [0.2, 0.25) is 5.91 Å². The number of hydrogen-bond donors (Lipinski definition) is 2. The number of anilines is 1.